The molecule has 0 saturated carbocycles. The van der Waals surface area contributed by atoms with Gasteiger partial charge in [0, 0.05) is 0 Å². The zero-order valence-electron chi connectivity index (χ0n) is 11.1. The van der Waals surface area contributed by atoms with Gasteiger partial charge < -0.3 is 5.32 Å². The summed E-state index contributed by atoms with van der Waals surface area (Å²) in [6.07, 6.45) is 2.81. The van der Waals surface area contributed by atoms with Crippen molar-refractivity contribution in [3.05, 3.63) is 53.5 Å². The molecule has 0 saturated heterocycles. The van der Waals surface area contributed by atoms with Gasteiger partial charge in [-0.05, 0) is 25.8 Å². The molecule has 1 atom stereocenters. The van der Waals surface area contributed by atoms with Gasteiger partial charge in [-0.3, -0.25) is 4.98 Å². The largest absolute Gasteiger partial charge is 0.362 e. The van der Waals surface area contributed by atoms with Crippen LogP contribution in [0.15, 0.2) is 36.5 Å². The van der Waals surface area contributed by atoms with Gasteiger partial charge in [-0.15, -0.1) is 0 Å². The van der Waals surface area contributed by atoms with Crippen LogP contribution in [0.5, 0.6) is 0 Å². The van der Waals surface area contributed by atoms with Gasteiger partial charge in [0.25, 0.3) is 0 Å². The molecule has 3 heteroatoms. The Kier molecular flexibility index (Phi) is 3.92. The number of aryl methyl sites for hydroxylation is 2. The first-order valence-electron chi connectivity index (χ1n) is 6.32. The molecule has 0 bridgehead atoms. The number of aromatic nitrogens is 2. The first-order chi connectivity index (χ1) is 8.70. The number of nitrogens with zero attached hydrogens (tertiary/aromatic N) is 2. The van der Waals surface area contributed by atoms with Crippen LogP contribution >= 0.6 is 0 Å². The van der Waals surface area contributed by atoms with Crippen molar-refractivity contribution in [1.29, 1.82) is 0 Å². The maximum atomic E-state index is 4.51. The van der Waals surface area contributed by atoms with Crippen molar-refractivity contribution in [2.24, 2.45) is 0 Å². The van der Waals surface area contributed by atoms with Gasteiger partial charge in [-0.2, -0.15) is 0 Å². The van der Waals surface area contributed by atoms with E-state index in [1.54, 1.807) is 6.20 Å². The molecular formula is C15H19N3. The summed E-state index contributed by atoms with van der Waals surface area (Å²) < 4.78 is 0. The summed E-state index contributed by atoms with van der Waals surface area (Å²) in [5.74, 6) is 0.841. The van der Waals surface area contributed by atoms with Crippen LogP contribution in [0.4, 0.5) is 5.82 Å². The highest BCUT2D eigenvalue weighted by molar-refractivity contribution is 5.37. The van der Waals surface area contributed by atoms with Crippen LogP contribution in [0.1, 0.15) is 36.3 Å². The molecule has 1 N–H and O–H groups in total. The number of hydrogen-bond donors (Lipinski definition) is 1. The third kappa shape index (κ3) is 2.86. The van der Waals surface area contributed by atoms with E-state index in [4.69, 9.17) is 0 Å². The number of rotatable bonds is 4. The summed E-state index contributed by atoms with van der Waals surface area (Å²) in [7, 11) is 0. The molecule has 1 unspecified atom stereocenters. The first kappa shape index (κ1) is 12.6. The van der Waals surface area contributed by atoms with Crippen molar-refractivity contribution in [3.63, 3.8) is 0 Å². The van der Waals surface area contributed by atoms with Crippen LogP contribution in [-0.4, -0.2) is 9.97 Å². The molecule has 0 aliphatic carbocycles. The number of nitrogens with one attached hydrogen (secondary N) is 1. The highest BCUT2D eigenvalue weighted by Crippen LogP contribution is 2.21. The molecule has 0 aliphatic rings. The Morgan fingerprint density at radius 2 is 1.83 bits per heavy atom. The van der Waals surface area contributed by atoms with Crippen molar-refractivity contribution in [1.82, 2.24) is 9.97 Å². The third-order valence-corrected chi connectivity index (χ3v) is 3.12. The normalized spacial score (nSPS) is 12.2. The zero-order valence-corrected chi connectivity index (χ0v) is 11.1. The standard InChI is InChI=1S/C15H19N3/c1-4-14(13-8-6-5-7-9-13)18-15-10-16-11(2)12(3)17-15/h5-10,14H,4H2,1-3H3,(H,17,18). The second-order valence-electron chi connectivity index (χ2n) is 4.44. The number of hydrogen-bond acceptors (Lipinski definition) is 3. The van der Waals surface area contributed by atoms with E-state index in [0.717, 1.165) is 23.6 Å². The van der Waals surface area contributed by atoms with Gasteiger partial charge >= 0.3 is 0 Å². The van der Waals surface area contributed by atoms with E-state index in [-0.39, 0.29) is 6.04 Å². The SMILES string of the molecule is CCC(Nc1cnc(C)c(C)n1)c1ccccc1. The maximum absolute atomic E-state index is 4.51. The Bertz CT molecular complexity index is 508. The van der Waals surface area contributed by atoms with E-state index < -0.39 is 0 Å². The Balaban J connectivity index is 2.18. The fourth-order valence-electron chi connectivity index (χ4n) is 1.90. The molecule has 2 aromatic rings. The van der Waals surface area contributed by atoms with Crippen LogP contribution in [0.3, 0.4) is 0 Å². The van der Waals surface area contributed by atoms with Gasteiger partial charge in [-0.25, -0.2) is 4.98 Å². The van der Waals surface area contributed by atoms with Crippen molar-refractivity contribution in [3.8, 4) is 0 Å². The quantitative estimate of drug-likeness (QED) is 0.887. The van der Waals surface area contributed by atoms with Gasteiger partial charge in [0.1, 0.15) is 5.82 Å². The highest BCUT2D eigenvalue weighted by atomic mass is 15.0. The van der Waals surface area contributed by atoms with Gasteiger partial charge in [0.2, 0.25) is 0 Å². The molecule has 0 spiro atoms. The smallest absolute Gasteiger partial charge is 0.145 e. The minimum Gasteiger partial charge on any atom is -0.362 e. The predicted molar refractivity (Wildman–Crippen MR) is 74.6 cm³/mol. The van der Waals surface area contributed by atoms with Crippen molar-refractivity contribution < 1.29 is 0 Å². The molecule has 0 aliphatic heterocycles. The molecule has 0 fully saturated rings. The molecule has 1 aromatic heterocycles. The highest BCUT2D eigenvalue weighted by Gasteiger charge is 2.09. The monoisotopic (exact) mass is 241 g/mol. The number of anilines is 1. The summed E-state index contributed by atoms with van der Waals surface area (Å²) in [6, 6.07) is 10.7. The second-order valence-corrected chi connectivity index (χ2v) is 4.44. The van der Waals surface area contributed by atoms with Crippen LogP contribution in [0.2, 0.25) is 0 Å². The van der Waals surface area contributed by atoms with Gasteiger partial charge in [0.05, 0.1) is 23.6 Å². The summed E-state index contributed by atoms with van der Waals surface area (Å²) in [5.41, 5.74) is 3.23. The summed E-state index contributed by atoms with van der Waals surface area (Å²) in [5, 5.41) is 3.44. The lowest BCUT2D eigenvalue weighted by Crippen LogP contribution is -2.11. The van der Waals surface area contributed by atoms with Crippen molar-refractivity contribution in [2.75, 3.05) is 5.32 Å². The van der Waals surface area contributed by atoms with Crippen LogP contribution < -0.4 is 5.32 Å². The lowest BCUT2D eigenvalue weighted by molar-refractivity contribution is 0.742. The zero-order chi connectivity index (χ0) is 13.0. The Hall–Kier alpha value is -1.90. The van der Waals surface area contributed by atoms with E-state index in [0.29, 0.717) is 0 Å². The van der Waals surface area contributed by atoms with E-state index in [2.05, 4.69) is 46.5 Å². The van der Waals surface area contributed by atoms with Crippen molar-refractivity contribution in [2.45, 2.75) is 33.2 Å². The van der Waals surface area contributed by atoms with E-state index in [1.807, 2.05) is 19.9 Å². The van der Waals surface area contributed by atoms with E-state index in [9.17, 15) is 0 Å². The molecule has 2 rings (SSSR count). The molecule has 1 heterocycles. The molecule has 0 amide bonds. The Morgan fingerprint density at radius 1 is 1.11 bits per heavy atom. The lowest BCUT2D eigenvalue weighted by atomic mass is 10.0. The summed E-state index contributed by atoms with van der Waals surface area (Å²) >= 11 is 0. The maximum Gasteiger partial charge on any atom is 0.145 e. The summed E-state index contributed by atoms with van der Waals surface area (Å²) in [6.45, 7) is 6.12. The minimum atomic E-state index is 0.280. The average Bonchev–Trinajstić information content (AvgIpc) is 2.41. The molecule has 1 aromatic carbocycles. The van der Waals surface area contributed by atoms with E-state index >= 15 is 0 Å². The Morgan fingerprint density at radius 3 is 2.44 bits per heavy atom. The van der Waals surface area contributed by atoms with Crippen LogP contribution in [0.25, 0.3) is 0 Å². The molecule has 3 nitrogen and oxygen atoms in total. The van der Waals surface area contributed by atoms with Crippen molar-refractivity contribution >= 4 is 5.82 Å². The third-order valence-electron chi connectivity index (χ3n) is 3.12. The molecular weight excluding hydrogens is 222 g/mol. The number of benzene rings is 1. The van der Waals surface area contributed by atoms with Crippen LogP contribution in [0, 0.1) is 13.8 Å². The van der Waals surface area contributed by atoms with Gasteiger partial charge in [-0.1, -0.05) is 37.3 Å². The van der Waals surface area contributed by atoms with Gasteiger partial charge in [0.15, 0.2) is 0 Å². The Labute approximate surface area is 108 Å². The first-order valence-corrected chi connectivity index (χ1v) is 6.32. The fourth-order valence-corrected chi connectivity index (χ4v) is 1.90. The van der Waals surface area contributed by atoms with Crippen LogP contribution in [-0.2, 0) is 0 Å². The average molecular weight is 241 g/mol. The minimum absolute atomic E-state index is 0.280. The second kappa shape index (κ2) is 5.63. The fraction of sp³-hybridized carbons (Fsp3) is 0.333. The van der Waals surface area contributed by atoms with E-state index in [1.165, 1.54) is 5.56 Å². The topological polar surface area (TPSA) is 37.8 Å². The lowest BCUT2D eigenvalue weighted by Gasteiger charge is -2.18. The molecule has 94 valence electrons. The molecule has 18 heavy (non-hydrogen) atoms. The summed E-state index contributed by atoms with van der Waals surface area (Å²) in [4.78, 5) is 8.85. The molecule has 0 radical (unpaired) electrons. The predicted octanol–water partition coefficient (Wildman–Crippen LogP) is 3.66.